The van der Waals surface area contributed by atoms with Crippen LogP contribution in [-0.4, -0.2) is 43.5 Å². The van der Waals surface area contributed by atoms with Gasteiger partial charge in [0, 0.05) is 17.9 Å². The maximum atomic E-state index is 13.0. The standard InChI is InChI=1S/C21H24N2O3S/c1-3-26-20-8-5-4-7-18(20)23(21-22-13-6-14-27-21)15-19(24)16-9-11-17(25-2)12-10-16/h4-5,7-12H,3,6,13-15H2,1-2H3. The lowest BCUT2D eigenvalue weighted by Gasteiger charge is -2.28. The fraction of sp³-hybridized carbons (Fsp3) is 0.333. The predicted molar refractivity (Wildman–Crippen MR) is 112 cm³/mol. The van der Waals surface area contributed by atoms with Gasteiger partial charge in [-0.15, -0.1) is 0 Å². The number of carbonyl (C=O) groups excluding carboxylic acids is 1. The molecule has 0 aliphatic carbocycles. The van der Waals surface area contributed by atoms with Gasteiger partial charge in [-0.05, 0) is 49.7 Å². The summed E-state index contributed by atoms with van der Waals surface area (Å²) in [5, 5.41) is 0.871. The van der Waals surface area contributed by atoms with Crippen molar-refractivity contribution in [2.24, 2.45) is 4.99 Å². The van der Waals surface area contributed by atoms with E-state index in [1.54, 1.807) is 43.1 Å². The molecule has 2 aromatic rings. The molecular weight excluding hydrogens is 360 g/mol. The number of hydrogen-bond acceptors (Lipinski definition) is 6. The van der Waals surface area contributed by atoms with Crippen molar-refractivity contribution in [1.82, 2.24) is 0 Å². The van der Waals surface area contributed by atoms with Gasteiger partial charge in [-0.2, -0.15) is 0 Å². The number of hydrogen-bond donors (Lipinski definition) is 0. The third-order valence-corrected chi connectivity index (χ3v) is 5.28. The van der Waals surface area contributed by atoms with Gasteiger partial charge >= 0.3 is 0 Å². The van der Waals surface area contributed by atoms with E-state index in [-0.39, 0.29) is 12.3 Å². The third kappa shape index (κ3) is 4.83. The predicted octanol–water partition coefficient (Wildman–Crippen LogP) is 4.28. The molecule has 0 N–H and O–H groups in total. The molecule has 3 rings (SSSR count). The number of para-hydroxylation sites is 2. The first-order valence-corrected chi connectivity index (χ1v) is 10.1. The molecule has 0 saturated heterocycles. The molecule has 2 aromatic carbocycles. The first kappa shape index (κ1) is 19.3. The van der Waals surface area contributed by atoms with Crippen LogP contribution in [0.25, 0.3) is 0 Å². The quantitative estimate of drug-likeness (QED) is 0.667. The van der Waals surface area contributed by atoms with Crippen molar-refractivity contribution in [3.8, 4) is 11.5 Å². The molecule has 0 saturated carbocycles. The number of aliphatic imine (C=N–C) groups is 1. The van der Waals surface area contributed by atoms with Crippen molar-refractivity contribution in [2.75, 3.05) is 37.5 Å². The van der Waals surface area contributed by atoms with E-state index in [9.17, 15) is 4.79 Å². The lowest BCUT2D eigenvalue weighted by molar-refractivity contribution is 0.100. The van der Waals surface area contributed by atoms with Crippen molar-refractivity contribution >= 4 is 28.4 Å². The number of ketones is 1. The van der Waals surface area contributed by atoms with Crippen molar-refractivity contribution in [1.29, 1.82) is 0 Å². The van der Waals surface area contributed by atoms with Crippen LogP contribution in [0.1, 0.15) is 23.7 Å². The molecule has 0 atom stereocenters. The van der Waals surface area contributed by atoms with Crippen LogP contribution in [0.2, 0.25) is 0 Å². The van der Waals surface area contributed by atoms with Crippen LogP contribution >= 0.6 is 11.8 Å². The number of amidine groups is 1. The first-order chi connectivity index (χ1) is 13.2. The Morgan fingerprint density at radius 1 is 1.19 bits per heavy atom. The van der Waals surface area contributed by atoms with Gasteiger partial charge in [-0.25, -0.2) is 0 Å². The van der Waals surface area contributed by atoms with Gasteiger partial charge < -0.3 is 14.4 Å². The van der Waals surface area contributed by atoms with E-state index >= 15 is 0 Å². The monoisotopic (exact) mass is 384 g/mol. The number of carbonyl (C=O) groups is 1. The van der Waals surface area contributed by atoms with Crippen molar-refractivity contribution in [2.45, 2.75) is 13.3 Å². The zero-order valence-electron chi connectivity index (χ0n) is 15.7. The van der Waals surface area contributed by atoms with Crippen molar-refractivity contribution in [3.05, 3.63) is 54.1 Å². The Kier molecular flexibility index (Phi) is 6.76. The molecule has 5 nitrogen and oxygen atoms in total. The third-order valence-electron chi connectivity index (χ3n) is 4.18. The summed E-state index contributed by atoms with van der Waals surface area (Å²) in [6.07, 6.45) is 1.06. The van der Waals surface area contributed by atoms with Gasteiger partial charge in [-0.1, -0.05) is 23.9 Å². The Labute approximate surface area is 164 Å². The van der Waals surface area contributed by atoms with Crippen LogP contribution in [0.4, 0.5) is 5.69 Å². The molecule has 0 bridgehead atoms. The Morgan fingerprint density at radius 3 is 2.63 bits per heavy atom. The highest BCUT2D eigenvalue weighted by Crippen LogP contribution is 2.31. The van der Waals surface area contributed by atoms with Crippen molar-refractivity contribution < 1.29 is 14.3 Å². The van der Waals surface area contributed by atoms with E-state index in [1.807, 2.05) is 36.1 Å². The lowest BCUT2D eigenvalue weighted by Crippen LogP contribution is -2.36. The van der Waals surface area contributed by atoms with Gasteiger partial charge in [0.2, 0.25) is 0 Å². The molecular formula is C21H24N2O3S. The van der Waals surface area contributed by atoms with Gasteiger partial charge in [-0.3, -0.25) is 9.79 Å². The molecule has 6 heteroatoms. The molecule has 142 valence electrons. The van der Waals surface area contributed by atoms with E-state index in [4.69, 9.17) is 9.47 Å². The minimum atomic E-state index is 0.0258. The first-order valence-electron chi connectivity index (χ1n) is 9.06. The summed E-state index contributed by atoms with van der Waals surface area (Å²) >= 11 is 1.68. The molecule has 0 unspecified atom stereocenters. The summed E-state index contributed by atoms with van der Waals surface area (Å²) in [5.41, 5.74) is 1.52. The van der Waals surface area contributed by atoms with Crippen LogP contribution < -0.4 is 14.4 Å². The van der Waals surface area contributed by atoms with E-state index in [2.05, 4.69) is 4.99 Å². The Hall–Kier alpha value is -2.47. The average molecular weight is 385 g/mol. The molecule has 27 heavy (non-hydrogen) atoms. The highest BCUT2D eigenvalue weighted by Gasteiger charge is 2.23. The van der Waals surface area contributed by atoms with E-state index < -0.39 is 0 Å². The van der Waals surface area contributed by atoms with Gasteiger partial charge in [0.15, 0.2) is 11.0 Å². The zero-order chi connectivity index (χ0) is 19.1. The fourth-order valence-corrected chi connectivity index (χ4v) is 3.79. The highest BCUT2D eigenvalue weighted by molar-refractivity contribution is 8.14. The molecule has 1 aliphatic heterocycles. The minimum Gasteiger partial charge on any atom is -0.497 e. The largest absolute Gasteiger partial charge is 0.497 e. The second-order valence-corrected chi connectivity index (χ2v) is 7.07. The van der Waals surface area contributed by atoms with Crippen molar-refractivity contribution in [3.63, 3.8) is 0 Å². The molecule has 0 spiro atoms. The van der Waals surface area contributed by atoms with Crippen LogP contribution in [0, 0.1) is 0 Å². The summed E-state index contributed by atoms with van der Waals surface area (Å²) in [4.78, 5) is 19.6. The molecule has 1 heterocycles. The maximum absolute atomic E-state index is 13.0. The Balaban J connectivity index is 1.90. The van der Waals surface area contributed by atoms with Gasteiger partial charge in [0.1, 0.15) is 11.5 Å². The van der Waals surface area contributed by atoms with Crippen LogP contribution in [-0.2, 0) is 0 Å². The molecule has 0 aromatic heterocycles. The smallest absolute Gasteiger partial charge is 0.182 e. The Bertz CT molecular complexity index is 805. The maximum Gasteiger partial charge on any atom is 0.182 e. The number of methoxy groups -OCH3 is 1. The SMILES string of the molecule is CCOc1ccccc1N(CC(=O)c1ccc(OC)cc1)C1=NCCCS1. The number of ether oxygens (including phenoxy) is 2. The summed E-state index contributed by atoms with van der Waals surface area (Å²) in [7, 11) is 1.61. The Morgan fingerprint density at radius 2 is 1.96 bits per heavy atom. The highest BCUT2D eigenvalue weighted by atomic mass is 32.2. The number of thioether (sulfide) groups is 1. The zero-order valence-corrected chi connectivity index (χ0v) is 16.5. The number of anilines is 1. The summed E-state index contributed by atoms with van der Waals surface area (Å²) in [6, 6.07) is 15.0. The number of nitrogens with zero attached hydrogens (tertiary/aromatic N) is 2. The second-order valence-electron chi connectivity index (χ2n) is 6.00. The second kappa shape index (κ2) is 9.46. The summed E-state index contributed by atoms with van der Waals surface area (Å²) < 4.78 is 11.0. The fourth-order valence-electron chi connectivity index (χ4n) is 2.84. The summed E-state index contributed by atoms with van der Waals surface area (Å²) in [6.45, 7) is 3.52. The van der Waals surface area contributed by atoms with E-state index in [0.717, 1.165) is 41.1 Å². The van der Waals surface area contributed by atoms with Crippen LogP contribution in [0.5, 0.6) is 11.5 Å². The number of Topliss-reactive ketones (excluding diaryl/α,β-unsaturated/α-hetero) is 1. The number of rotatable bonds is 7. The minimum absolute atomic E-state index is 0.0258. The molecule has 0 amide bonds. The summed E-state index contributed by atoms with van der Waals surface area (Å²) in [5.74, 6) is 2.52. The van der Waals surface area contributed by atoms with Gasteiger partial charge in [0.05, 0.1) is 25.9 Å². The molecule has 1 aliphatic rings. The van der Waals surface area contributed by atoms with Crippen LogP contribution in [0.3, 0.4) is 0 Å². The van der Waals surface area contributed by atoms with E-state index in [1.165, 1.54) is 0 Å². The number of benzene rings is 2. The lowest BCUT2D eigenvalue weighted by atomic mass is 10.1. The topological polar surface area (TPSA) is 51.1 Å². The van der Waals surface area contributed by atoms with Gasteiger partial charge in [0.25, 0.3) is 0 Å². The molecule has 0 fully saturated rings. The molecule has 0 radical (unpaired) electrons. The van der Waals surface area contributed by atoms with Crippen LogP contribution in [0.15, 0.2) is 53.5 Å². The normalized spacial score (nSPS) is 13.6. The van der Waals surface area contributed by atoms with E-state index in [0.29, 0.717) is 12.2 Å². The average Bonchev–Trinajstić information content (AvgIpc) is 2.73.